The first kappa shape index (κ1) is 18.8. The van der Waals surface area contributed by atoms with Crippen LogP contribution in [-0.4, -0.2) is 43.2 Å². The number of fused-ring (bicyclic) bond motifs is 1. The van der Waals surface area contributed by atoms with Gasteiger partial charge in [0.15, 0.2) is 11.5 Å². The topological polar surface area (TPSA) is 50.8 Å². The highest BCUT2D eigenvalue weighted by atomic mass is 35.5. The van der Waals surface area contributed by atoms with Gasteiger partial charge in [-0.2, -0.15) is 0 Å². The quantitative estimate of drug-likeness (QED) is 0.829. The van der Waals surface area contributed by atoms with Crippen molar-refractivity contribution in [3.8, 4) is 11.5 Å². The van der Waals surface area contributed by atoms with Crippen LogP contribution in [0.4, 0.5) is 5.69 Å². The van der Waals surface area contributed by atoms with Crippen LogP contribution in [0.1, 0.15) is 6.92 Å². The molecule has 1 amide bonds. The van der Waals surface area contributed by atoms with E-state index in [4.69, 9.17) is 32.7 Å². The van der Waals surface area contributed by atoms with Crippen LogP contribution in [-0.2, 0) is 4.79 Å². The number of carbonyl (C=O) groups is 1. The molecule has 0 fully saturated rings. The van der Waals surface area contributed by atoms with Gasteiger partial charge in [-0.15, -0.1) is 0 Å². The standard InChI is InChI=1S/C19H20Cl2N2O3/c1-12(19(24)22-16-9-13(20)7-8-15(16)21)23(2)10-14-11-25-17-5-3-4-6-18(17)26-14/h3-9,12,14H,10-11H2,1-2H3,(H,22,24). The van der Waals surface area contributed by atoms with Crippen LogP contribution in [0.3, 0.4) is 0 Å². The Hall–Kier alpha value is -1.95. The summed E-state index contributed by atoms with van der Waals surface area (Å²) in [7, 11) is 1.87. The molecule has 138 valence electrons. The third kappa shape index (κ3) is 4.41. The summed E-state index contributed by atoms with van der Waals surface area (Å²) in [4.78, 5) is 14.4. The molecule has 3 rings (SSSR count). The number of nitrogens with one attached hydrogen (secondary N) is 1. The first-order valence-corrected chi connectivity index (χ1v) is 9.04. The maximum absolute atomic E-state index is 12.5. The molecule has 0 bridgehead atoms. The summed E-state index contributed by atoms with van der Waals surface area (Å²) in [6.45, 7) is 2.81. The van der Waals surface area contributed by atoms with E-state index in [1.54, 1.807) is 18.2 Å². The number of hydrogen-bond acceptors (Lipinski definition) is 4. The summed E-state index contributed by atoms with van der Waals surface area (Å²) < 4.78 is 11.7. The lowest BCUT2D eigenvalue weighted by Gasteiger charge is -2.31. The van der Waals surface area contributed by atoms with E-state index in [1.807, 2.05) is 43.1 Å². The maximum Gasteiger partial charge on any atom is 0.241 e. The summed E-state index contributed by atoms with van der Waals surface area (Å²) in [5.74, 6) is 1.29. The zero-order chi connectivity index (χ0) is 18.7. The molecule has 0 aromatic heterocycles. The van der Waals surface area contributed by atoms with E-state index in [9.17, 15) is 4.79 Å². The van der Waals surface area contributed by atoms with Gasteiger partial charge in [0.05, 0.1) is 16.8 Å². The molecule has 5 nitrogen and oxygen atoms in total. The summed E-state index contributed by atoms with van der Waals surface area (Å²) in [5.41, 5.74) is 0.496. The summed E-state index contributed by atoms with van der Waals surface area (Å²) in [6, 6.07) is 12.1. The Morgan fingerprint density at radius 3 is 2.77 bits per heavy atom. The minimum atomic E-state index is -0.384. The zero-order valence-corrected chi connectivity index (χ0v) is 16.1. The molecule has 0 spiro atoms. The summed E-state index contributed by atoms with van der Waals surface area (Å²) in [5, 5.41) is 3.77. The number of rotatable bonds is 5. The molecule has 0 radical (unpaired) electrons. The monoisotopic (exact) mass is 394 g/mol. The van der Waals surface area contributed by atoms with E-state index < -0.39 is 0 Å². The zero-order valence-electron chi connectivity index (χ0n) is 14.5. The molecule has 0 saturated heterocycles. The van der Waals surface area contributed by atoms with Gasteiger partial charge in [0.1, 0.15) is 12.7 Å². The molecule has 2 unspecified atom stereocenters. The van der Waals surface area contributed by atoms with Gasteiger partial charge in [-0.3, -0.25) is 9.69 Å². The van der Waals surface area contributed by atoms with Gasteiger partial charge in [0.2, 0.25) is 5.91 Å². The van der Waals surface area contributed by atoms with E-state index in [-0.39, 0.29) is 18.1 Å². The lowest BCUT2D eigenvalue weighted by molar-refractivity contribution is -0.120. The molecule has 1 aliphatic rings. The second-order valence-electron chi connectivity index (χ2n) is 6.23. The Labute approximate surface area is 162 Å². The molecule has 0 aliphatic carbocycles. The molecule has 1 aliphatic heterocycles. The largest absolute Gasteiger partial charge is 0.486 e. The number of ether oxygens (including phenoxy) is 2. The van der Waals surface area contributed by atoms with Gasteiger partial charge >= 0.3 is 0 Å². The van der Waals surface area contributed by atoms with Gasteiger partial charge < -0.3 is 14.8 Å². The van der Waals surface area contributed by atoms with Gasteiger partial charge in [0, 0.05) is 11.6 Å². The maximum atomic E-state index is 12.5. The lowest BCUT2D eigenvalue weighted by atomic mass is 10.2. The van der Waals surface area contributed by atoms with Gasteiger partial charge in [0.25, 0.3) is 0 Å². The van der Waals surface area contributed by atoms with Gasteiger partial charge in [-0.1, -0.05) is 35.3 Å². The number of para-hydroxylation sites is 2. The summed E-state index contributed by atoms with van der Waals surface area (Å²) >= 11 is 12.1. The molecule has 1 N–H and O–H groups in total. The average Bonchev–Trinajstić information content (AvgIpc) is 2.64. The number of amides is 1. The predicted molar refractivity (Wildman–Crippen MR) is 104 cm³/mol. The number of likely N-dealkylation sites (N-methyl/N-ethyl adjacent to an activating group) is 1. The van der Waals surface area contributed by atoms with Crippen LogP contribution in [0.5, 0.6) is 11.5 Å². The smallest absolute Gasteiger partial charge is 0.241 e. The predicted octanol–water partition coefficient (Wildman–Crippen LogP) is 4.09. The van der Waals surface area contributed by atoms with E-state index in [0.717, 1.165) is 11.5 Å². The van der Waals surface area contributed by atoms with Crippen LogP contribution >= 0.6 is 23.2 Å². The fourth-order valence-electron chi connectivity index (χ4n) is 2.66. The van der Waals surface area contributed by atoms with Gasteiger partial charge in [-0.25, -0.2) is 0 Å². The highest BCUT2D eigenvalue weighted by molar-refractivity contribution is 6.35. The van der Waals surface area contributed by atoms with Crippen molar-refractivity contribution in [2.75, 3.05) is 25.5 Å². The highest BCUT2D eigenvalue weighted by Gasteiger charge is 2.26. The molecule has 2 aromatic rings. The highest BCUT2D eigenvalue weighted by Crippen LogP contribution is 2.31. The van der Waals surface area contributed by atoms with E-state index in [0.29, 0.717) is 28.9 Å². The van der Waals surface area contributed by atoms with E-state index >= 15 is 0 Å². The number of hydrogen-bond donors (Lipinski definition) is 1. The van der Waals surface area contributed by atoms with Crippen LogP contribution in [0.15, 0.2) is 42.5 Å². The van der Waals surface area contributed by atoms with Crippen molar-refractivity contribution >= 4 is 34.8 Å². The number of carbonyl (C=O) groups excluding carboxylic acids is 1. The normalized spacial score (nSPS) is 17.0. The van der Waals surface area contributed by atoms with Crippen LogP contribution in [0, 0.1) is 0 Å². The minimum absolute atomic E-state index is 0.153. The van der Waals surface area contributed by atoms with Crippen LogP contribution < -0.4 is 14.8 Å². The third-order valence-corrected chi connectivity index (χ3v) is 4.85. The average molecular weight is 395 g/mol. The summed E-state index contributed by atoms with van der Waals surface area (Å²) in [6.07, 6.45) is -0.153. The molecule has 2 aromatic carbocycles. The molecular weight excluding hydrogens is 375 g/mol. The first-order valence-electron chi connectivity index (χ1n) is 8.28. The Morgan fingerprint density at radius 2 is 2.00 bits per heavy atom. The Morgan fingerprint density at radius 1 is 1.27 bits per heavy atom. The number of nitrogens with zero attached hydrogens (tertiary/aromatic N) is 1. The number of halogens is 2. The molecule has 1 heterocycles. The Balaban J connectivity index is 1.58. The molecule has 0 saturated carbocycles. The molecule has 26 heavy (non-hydrogen) atoms. The molecular formula is C19H20Cl2N2O3. The van der Waals surface area contributed by atoms with Crippen molar-refractivity contribution in [3.63, 3.8) is 0 Å². The van der Waals surface area contributed by atoms with Crippen molar-refractivity contribution in [1.82, 2.24) is 4.90 Å². The molecule has 2 atom stereocenters. The SMILES string of the molecule is CC(C(=O)Nc1cc(Cl)ccc1Cl)N(C)CC1COc2ccccc2O1. The minimum Gasteiger partial charge on any atom is -0.486 e. The van der Waals surface area contributed by atoms with Gasteiger partial charge in [-0.05, 0) is 44.3 Å². The van der Waals surface area contributed by atoms with Crippen molar-refractivity contribution in [1.29, 1.82) is 0 Å². The van der Waals surface area contributed by atoms with Crippen LogP contribution in [0.2, 0.25) is 10.0 Å². The second-order valence-corrected chi connectivity index (χ2v) is 7.07. The van der Waals surface area contributed by atoms with E-state index in [2.05, 4.69) is 5.32 Å². The third-order valence-electron chi connectivity index (χ3n) is 4.29. The fraction of sp³-hybridized carbons (Fsp3) is 0.316. The Kier molecular flexibility index (Phi) is 5.91. The first-order chi connectivity index (χ1) is 12.4. The second kappa shape index (κ2) is 8.16. The number of benzene rings is 2. The Bertz CT molecular complexity index is 800. The molecule has 7 heteroatoms. The lowest BCUT2D eigenvalue weighted by Crippen LogP contribution is -2.46. The van der Waals surface area contributed by atoms with Crippen molar-refractivity contribution in [2.45, 2.75) is 19.1 Å². The number of anilines is 1. The fourth-order valence-corrected chi connectivity index (χ4v) is 3.00. The van der Waals surface area contributed by atoms with Crippen molar-refractivity contribution in [3.05, 3.63) is 52.5 Å². The van der Waals surface area contributed by atoms with Crippen molar-refractivity contribution in [2.24, 2.45) is 0 Å². The van der Waals surface area contributed by atoms with Crippen molar-refractivity contribution < 1.29 is 14.3 Å². The van der Waals surface area contributed by atoms with E-state index in [1.165, 1.54) is 0 Å². The van der Waals surface area contributed by atoms with Crippen LogP contribution in [0.25, 0.3) is 0 Å².